The predicted octanol–water partition coefficient (Wildman–Crippen LogP) is 4.25. The first kappa shape index (κ1) is 26.2. The van der Waals surface area contributed by atoms with Gasteiger partial charge in [-0.2, -0.15) is 8.78 Å². The number of halogens is 3. The van der Waals surface area contributed by atoms with Gasteiger partial charge in [-0.15, -0.1) is 0 Å². The summed E-state index contributed by atoms with van der Waals surface area (Å²) in [5.41, 5.74) is 2.48. The predicted molar refractivity (Wildman–Crippen MR) is 134 cm³/mol. The summed E-state index contributed by atoms with van der Waals surface area (Å²) in [6.45, 7) is 6.43. The van der Waals surface area contributed by atoms with E-state index in [0.29, 0.717) is 11.5 Å². The monoisotopic (exact) mass is 495 g/mol. The highest BCUT2D eigenvalue weighted by Gasteiger charge is 2.48. The van der Waals surface area contributed by atoms with Crippen molar-refractivity contribution in [2.75, 3.05) is 18.0 Å². The molecule has 34 heavy (non-hydrogen) atoms. The van der Waals surface area contributed by atoms with Crippen molar-refractivity contribution in [3.8, 4) is 0 Å². The summed E-state index contributed by atoms with van der Waals surface area (Å²) < 4.78 is 44.3. The first-order valence-corrected chi connectivity index (χ1v) is 12.0. The number of hydrogen-bond donors (Lipinski definition) is 3. The quantitative estimate of drug-likeness (QED) is 0.352. The zero-order valence-electron chi connectivity index (χ0n) is 19.7. The molecule has 0 bridgehead atoms. The number of anilines is 1. The standard InChI is InChI=1S/C24H33F3N5OP/c1-4-6-8-18(15(3)28)29-21(24(26,27)34)17(11-16(25)5-2)22-30-19(12-20(33)31-22)32-13-23(14-32)9-7-10-23/h4-6,8,11-12,15,21,29H,7,9-10,13-14,28,34H2,1-3H3,(H,30,31,33)/b6-4-,16-5+,17-11-,18-8+. The zero-order valence-corrected chi connectivity index (χ0v) is 20.9. The highest BCUT2D eigenvalue weighted by Crippen LogP contribution is 2.49. The maximum Gasteiger partial charge on any atom is 0.282 e. The third-order valence-electron chi connectivity index (χ3n) is 6.33. The van der Waals surface area contributed by atoms with Crippen molar-refractivity contribution in [2.45, 2.75) is 57.8 Å². The van der Waals surface area contributed by atoms with E-state index < -0.39 is 29.1 Å². The van der Waals surface area contributed by atoms with Crippen molar-refractivity contribution in [1.29, 1.82) is 0 Å². The van der Waals surface area contributed by atoms with Crippen molar-refractivity contribution in [3.63, 3.8) is 0 Å². The van der Waals surface area contributed by atoms with Gasteiger partial charge in [0, 0.05) is 41.9 Å². The van der Waals surface area contributed by atoms with E-state index in [1.54, 1.807) is 32.1 Å². The summed E-state index contributed by atoms with van der Waals surface area (Å²) in [4.78, 5) is 21.5. The third kappa shape index (κ3) is 5.99. The lowest BCUT2D eigenvalue weighted by atomic mass is 9.63. The van der Waals surface area contributed by atoms with Crippen LogP contribution in [0.4, 0.5) is 19.0 Å². The van der Waals surface area contributed by atoms with Crippen LogP contribution in [-0.2, 0) is 0 Å². The number of nitrogens with zero attached hydrogens (tertiary/aromatic N) is 2. The Bertz CT molecular complexity index is 1060. The van der Waals surface area contributed by atoms with Crippen molar-refractivity contribution in [3.05, 3.63) is 64.1 Å². The lowest BCUT2D eigenvalue weighted by molar-refractivity contribution is 0.0823. The minimum absolute atomic E-state index is 0.122. The van der Waals surface area contributed by atoms with E-state index in [2.05, 4.69) is 15.3 Å². The van der Waals surface area contributed by atoms with Crippen LogP contribution >= 0.6 is 9.24 Å². The van der Waals surface area contributed by atoms with Crippen LogP contribution < -0.4 is 21.5 Å². The van der Waals surface area contributed by atoms with E-state index in [-0.39, 0.29) is 16.8 Å². The second-order valence-corrected chi connectivity index (χ2v) is 9.89. The van der Waals surface area contributed by atoms with Gasteiger partial charge in [0.2, 0.25) is 0 Å². The Morgan fingerprint density at radius 1 is 1.38 bits per heavy atom. The first-order valence-electron chi connectivity index (χ1n) is 11.4. The van der Waals surface area contributed by atoms with Crippen LogP contribution in [0.25, 0.3) is 5.57 Å². The molecule has 0 amide bonds. The van der Waals surface area contributed by atoms with Crippen molar-refractivity contribution in [1.82, 2.24) is 15.3 Å². The molecule has 6 nitrogen and oxygen atoms in total. The van der Waals surface area contributed by atoms with E-state index in [1.165, 1.54) is 28.7 Å². The molecule has 1 aliphatic carbocycles. The third-order valence-corrected chi connectivity index (χ3v) is 6.66. The van der Waals surface area contributed by atoms with Gasteiger partial charge >= 0.3 is 0 Å². The molecule has 3 rings (SSSR count). The van der Waals surface area contributed by atoms with Crippen molar-refractivity contribution in [2.24, 2.45) is 11.1 Å². The van der Waals surface area contributed by atoms with E-state index in [9.17, 15) is 18.0 Å². The smallest absolute Gasteiger partial charge is 0.282 e. The molecule has 3 atom stereocenters. The number of rotatable bonds is 9. The Hall–Kier alpha value is -2.38. The molecule has 2 fully saturated rings. The van der Waals surface area contributed by atoms with Gasteiger partial charge < -0.3 is 20.9 Å². The topological polar surface area (TPSA) is 87.0 Å². The van der Waals surface area contributed by atoms with Gasteiger partial charge in [0.05, 0.1) is 0 Å². The summed E-state index contributed by atoms with van der Waals surface area (Å²) in [6, 6.07) is -0.991. The minimum atomic E-state index is -3.43. The van der Waals surface area contributed by atoms with E-state index in [1.807, 2.05) is 4.90 Å². The van der Waals surface area contributed by atoms with Gasteiger partial charge in [-0.1, -0.05) is 33.9 Å². The highest BCUT2D eigenvalue weighted by atomic mass is 31.0. The van der Waals surface area contributed by atoms with Crippen molar-refractivity contribution < 1.29 is 13.2 Å². The molecule has 2 aliphatic rings. The molecule has 0 radical (unpaired) electrons. The molecular formula is C24H33F3N5OP. The Kier molecular flexibility index (Phi) is 8.09. The summed E-state index contributed by atoms with van der Waals surface area (Å²) in [7, 11) is 1.49. The Labute approximate surface area is 200 Å². The molecule has 4 N–H and O–H groups in total. The van der Waals surface area contributed by atoms with Crippen LogP contribution in [0.15, 0.2) is 52.8 Å². The van der Waals surface area contributed by atoms with Crippen LogP contribution in [0.2, 0.25) is 0 Å². The molecule has 1 spiro atoms. The average molecular weight is 496 g/mol. The molecule has 1 saturated carbocycles. The molecule has 1 saturated heterocycles. The van der Waals surface area contributed by atoms with Crippen LogP contribution in [0, 0.1) is 5.41 Å². The van der Waals surface area contributed by atoms with Crippen molar-refractivity contribution >= 4 is 20.6 Å². The van der Waals surface area contributed by atoms with Crippen LogP contribution in [0.3, 0.4) is 0 Å². The van der Waals surface area contributed by atoms with E-state index in [0.717, 1.165) is 38.1 Å². The second kappa shape index (κ2) is 10.5. The SMILES string of the molecule is C/C=C\C=C(\NC(/C(=C/C(F)=C\C)c1nc(N2CC3(CCC3)C2)cc(=O)[nH]1)C(F)(F)P)C(C)N. The largest absolute Gasteiger partial charge is 0.374 e. The summed E-state index contributed by atoms with van der Waals surface area (Å²) in [5.74, 6) is -0.462. The number of aromatic amines is 1. The molecular weight excluding hydrogens is 462 g/mol. The molecule has 1 aromatic rings. The Balaban J connectivity index is 2.06. The molecule has 10 heteroatoms. The lowest BCUT2D eigenvalue weighted by Gasteiger charge is -2.56. The number of alkyl halides is 2. The minimum Gasteiger partial charge on any atom is -0.374 e. The van der Waals surface area contributed by atoms with Gasteiger partial charge in [-0.25, -0.2) is 9.37 Å². The number of H-pyrrole nitrogens is 1. The van der Waals surface area contributed by atoms with E-state index in [4.69, 9.17) is 5.73 Å². The number of allylic oxidation sites excluding steroid dienone is 6. The fourth-order valence-corrected chi connectivity index (χ4v) is 4.52. The maximum absolute atomic E-state index is 14.9. The lowest BCUT2D eigenvalue weighted by Crippen LogP contribution is -2.60. The molecule has 1 aromatic heterocycles. The van der Waals surface area contributed by atoms with E-state index >= 15 is 0 Å². The van der Waals surface area contributed by atoms with Crippen LogP contribution in [-0.4, -0.2) is 40.8 Å². The molecule has 2 heterocycles. The number of nitrogens with one attached hydrogen (secondary N) is 2. The summed E-state index contributed by atoms with van der Waals surface area (Å²) in [5, 5.41) is 2.76. The number of aromatic nitrogens is 2. The Morgan fingerprint density at radius 3 is 2.56 bits per heavy atom. The fourth-order valence-electron chi connectivity index (χ4n) is 4.26. The van der Waals surface area contributed by atoms with Gasteiger partial charge in [0.15, 0.2) is 0 Å². The van der Waals surface area contributed by atoms with Gasteiger partial charge in [0.1, 0.15) is 23.5 Å². The van der Waals surface area contributed by atoms with Crippen LogP contribution in [0.1, 0.15) is 45.9 Å². The highest BCUT2D eigenvalue weighted by molar-refractivity contribution is 7.18. The normalized spacial score (nSPS) is 20.8. The summed E-state index contributed by atoms with van der Waals surface area (Å²) >= 11 is 0. The molecule has 186 valence electrons. The number of nitrogens with two attached hydrogens (primary N) is 1. The van der Waals surface area contributed by atoms with Gasteiger partial charge in [-0.3, -0.25) is 4.79 Å². The fraction of sp³-hybridized carbons (Fsp3) is 0.500. The summed E-state index contributed by atoms with van der Waals surface area (Å²) in [6.07, 6.45) is 10.6. The second-order valence-electron chi connectivity index (χ2n) is 9.12. The average Bonchev–Trinajstić information content (AvgIpc) is 2.68. The molecule has 3 unspecified atom stereocenters. The molecule has 0 aromatic carbocycles. The van der Waals surface area contributed by atoms with Gasteiger partial charge in [0.25, 0.3) is 11.2 Å². The molecule has 1 aliphatic heterocycles. The van der Waals surface area contributed by atoms with Crippen LogP contribution in [0.5, 0.6) is 0 Å². The first-order chi connectivity index (χ1) is 16.0. The Morgan fingerprint density at radius 2 is 2.06 bits per heavy atom. The number of hydrogen-bond acceptors (Lipinski definition) is 5. The van der Waals surface area contributed by atoms with Gasteiger partial charge in [-0.05, 0) is 45.8 Å². The maximum atomic E-state index is 14.9. The zero-order chi connectivity index (χ0) is 25.1.